The van der Waals surface area contributed by atoms with Crippen LogP contribution in [0.15, 0.2) is 18.2 Å². The van der Waals surface area contributed by atoms with Gasteiger partial charge >= 0.3 is 5.97 Å². The number of phenols is 1. The van der Waals surface area contributed by atoms with Crippen LogP contribution in [-0.4, -0.2) is 25.7 Å². The average molecular weight is 227 g/mol. The first-order chi connectivity index (χ1) is 7.09. The summed E-state index contributed by atoms with van der Waals surface area (Å²) in [7, 11) is 0. The molecule has 2 rings (SSSR count). The summed E-state index contributed by atoms with van der Waals surface area (Å²) < 4.78 is 1.32. The Labute approximate surface area is 89.5 Å². The van der Waals surface area contributed by atoms with Crippen molar-refractivity contribution in [2.24, 2.45) is 0 Å². The van der Waals surface area contributed by atoms with Gasteiger partial charge in [0, 0.05) is 0 Å². The van der Waals surface area contributed by atoms with Crippen LogP contribution in [0.25, 0.3) is 11.0 Å². The number of rotatable bonds is 2. The fourth-order valence-corrected chi connectivity index (χ4v) is 1.62. The first-order valence-electron chi connectivity index (χ1n) is 4.15. The van der Waals surface area contributed by atoms with Crippen LogP contribution in [0.5, 0.6) is 5.75 Å². The molecule has 78 valence electrons. The SMILES string of the molecule is O=C(O)Cn1c(Cl)nc2c(O)cccc21. The normalized spacial score (nSPS) is 10.7. The predicted octanol–water partition coefficient (Wildman–Crippen LogP) is 1.48. The Kier molecular flexibility index (Phi) is 2.24. The molecular formula is C9H7ClN2O3. The van der Waals surface area contributed by atoms with E-state index < -0.39 is 5.97 Å². The molecule has 0 saturated carbocycles. The highest BCUT2D eigenvalue weighted by Gasteiger charge is 2.13. The molecule has 0 spiro atoms. The number of hydrogen-bond donors (Lipinski definition) is 2. The number of hydrogen-bond acceptors (Lipinski definition) is 3. The fraction of sp³-hybridized carbons (Fsp3) is 0.111. The summed E-state index contributed by atoms with van der Waals surface area (Å²) in [4.78, 5) is 14.5. The minimum Gasteiger partial charge on any atom is -0.506 e. The van der Waals surface area contributed by atoms with E-state index in [0.717, 1.165) is 0 Å². The van der Waals surface area contributed by atoms with Crippen molar-refractivity contribution >= 4 is 28.6 Å². The van der Waals surface area contributed by atoms with Crippen LogP contribution >= 0.6 is 11.6 Å². The molecule has 0 aliphatic heterocycles. The lowest BCUT2D eigenvalue weighted by Gasteiger charge is -2.00. The first kappa shape index (κ1) is 9.79. The Hall–Kier alpha value is -1.75. The van der Waals surface area contributed by atoms with Crippen molar-refractivity contribution in [1.29, 1.82) is 0 Å². The Bertz CT molecular complexity index is 535. The molecule has 1 heterocycles. The van der Waals surface area contributed by atoms with Crippen LogP contribution in [0.3, 0.4) is 0 Å². The molecule has 2 aromatic rings. The Morgan fingerprint density at radius 1 is 1.53 bits per heavy atom. The standard InChI is InChI=1S/C9H7ClN2O3/c10-9-11-8-5(2-1-3-6(8)13)12(9)4-7(14)15/h1-3,13H,4H2,(H,14,15). The van der Waals surface area contributed by atoms with Gasteiger partial charge in [-0.25, -0.2) is 4.98 Å². The van der Waals surface area contributed by atoms with Gasteiger partial charge < -0.3 is 14.8 Å². The lowest BCUT2D eigenvalue weighted by atomic mass is 10.3. The molecule has 0 unspecified atom stereocenters. The van der Waals surface area contributed by atoms with Crippen molar-refractivity contribution in [3.8, 4) is 5.75 Å². The topological polar surface area (TPSA) is 75.3 Å². The van der Waals surface area contributed by atoms with Crippen molar-refractivity contribution < 1.29 is 15.0 Å². The lowest BCUT2D eigenvalue weighted by Crippen LogP contribution is -2.08. The number of fused-ring (bicyclic) bond motifs is 1. The van der Waals surface area contributed by atoms with E-state index >= 15 is 0 Å². The van der Waals surface area contributed by atoms with E-state index in [4.69, 9.17) is 16.7 Å². The zero-order valence-corrected chi connectivity index (χ0v) is 8.27. The Balaban J connectivity index is 2.68. The molecule has 5 nitrogen and oxygen atoms in total. The van der Waals surface area contributed by atoms with Crippen molar-refractivity contribution in [1.82, 2.24) is 9.55 Å². The Morgan fingerprint density at radius 3 is 2.93 bits per heavy atom. The highest BCUT2D eigenvalue weighted by atomic mass is 35.5. The maximum atomic E-state index is 10.6. The van der Waals surface area contributed by atoms with Crippen LogP contribution < -0.4 is 0 Å². The minimum absolute atomic E-state index is 0.0152. The van der Waals surface area contributed by atoms with Gasteiger partial charge in [0.15, 0.2) is 0 Å². The number of benzene rings is 1. The van der Waals surface area contributed by atoms with Gasteiger partial charge in [-0.15, -0.1) is 0 Å². The second-order valence-electron chi connectivity index (χ2n) is 3.01. The van der Waals surface area contributed by atoms with Crippen LogP contribution in [-0.2, 0) is 11.3 Å². The zero-order chi connectivity index (χ0) is 11.0. The number of para-hydroxylation sites is 1. The third-order valence-corrected chi connectivity index (χ3v) is 2.29. The fourth-order valence-electron chi connectivity index (χ4n) is 1.39. The summed E-state index contributed by atoms with van der Waals surface area (Å²) >= 11 is 5.76. The first-order valence-corrected chi connectivity index (χ1v) is 4.53. The molecule has 0 saturated heterocycles. The molecule has 1 aromatic carbocycles. The molecule has 15 heavy (non-hydrogen) atoms. The molecule has 1 aromatic heterocycles. The number of carboxylic acid groups (broad SMARTS) is 1. The third kappa shape index (κ3) is 1.61. The molecule has 0 atom stereocenters. The van der Waals surface area contributed by atoms with Gasteiger partial charge in [0.25, 0.3) is 0 Å². The van der Waals surface area contributed by atoms with Gasteiger partial charge in [0.1, 0.15) is 17.8 Å². The number of carboxylic acids is 1. The smallest absolute Gasteiger partial charge is 0.323 e. The van der Waals surface area contributed by atoms with Crippen molar-refractivity contribution in [3.63, 3.8) is 0 Å². The summed E-state index contributed by atoms with van der Waals surface area (Å²) in [6.07, 6.45) is 0. The van der Waals surface area contributed by atoms with Crippen LogP contribution in [0.2, 0.25) is 5.28 Å². The number of carbonyl (C=O) groups is 1. The van der Waals surface area contributed by atoms with Gasteiger partial charge in [-0.1, -0.05) is 6.07 Å². The van der Waals surface area contributed by atoms with Gasteiger partial charge in [0.05, 0.1) is 5.52 Å². The molecule has 0 fully saturated rings. The maximum absolute atomic E-state index is 10.6. The van der Waals surface area contributed by atoms with Crippen LogP contribution in [0, 0.1) is 0 Å². The highest BCUT2D eigenvalue weighted by molar-refractivity contribution is 6.29. The summed E-state index contributed by atoms with van der Waals surface area (Å²) in [5, 5.41) is 18.2. The van der Waals surface area contributed by atoms with Crippen molar-refractivity contribution in [3.05, 3.63) is 23.5 Å². The molecule has 0 amide bonds. The number of phenolic OH excluding ortho intramolecular Hbond substituents is 1. The van der Waals surface area contributed by atoms with Crippen LogP contribution in [0.1, 0.15) is 0 Å². The number of nitrogens with zero attached hydrogens (tertiary/aromatic N) is 2. The second-order valence-corrected chi connectivity index (χ2v) is 3.34. The second kappa shape index (κ2) is 3.43. The van der Waals surface area contributed by atoms with E-state index in [1.807, 2.05) is 0 Å². The molecular weight excluding hydrogens is 220 g/mol. The predicted molar refractivity (Wildman–Crippen MR) is 54.0 cm³/mol. The number of aliphatic carboxylic acids is 1. The van der Waals surface area contributed by atoms with Gasteiger partial charge in [-0.3, -0.25) is 4.79 Å². The molecule has 0 aliphatic carbocycles. The van der Waals surface area contributed by atoms with Crippen molar-refractivity contribution in [2.75, 3.05) is 0 Å². The molecule has 0 bridgehead atoms. The summed E-state index contributed by atoms with van der Waals surface area (Å²) in [5.41, 5.74) is 0.811. The van der Waals surface area contributed by atoms with E-state index in [2.05, 4.69) is 4.98 Å². The van der Waals surface area contributed by atoms with Gasteiger partial charge in [-0.2, -0.15) is 0 Å². The number of aromatic hydroxyl groups is 1. The highest BCUT2D eigenvalue weighted by Crippen LogP contribution is 2.26. The largest absolute Gasteiger partial charge is 0.506 e. The van der Waals surface area contributed by atoms with E-state index in [0.29, 0.717) is 11.0 Å². The van der Waals surface area contributed by atoms with E-state index in [1.54, 1.807) is 12.1 Å². The molecule has 6 heteroatoms. The number of halogens is 1. The summed E-state index contributed by atoms with van der Waals surface area (Å²) in [6, 6.07) is 4.72. The van der Waals surface area contributed by atoms with E-state index in [9.17, 15) is 9.90 Å². The average Bonchev–Trinajstić information content (AvgIpc) is 2.45. The number of imidazole rings is 1. The van der Waals surface area contributed by atoms with E-state index in [-0.39, 0.29) is 17.6 Å². The Morgan fingerprint density at radius 2 is 2.27 bits per heavy atom. The van der Waals surface area contributed by atoms with Gasteiger partial charge in [0.2, 0.25) is 5.28 Å². The minimum atomic E-state index is -1.01. The lowest BCUT2D eigenvalue weighted by molar-refractivity contribution is -0.137. The zero-order valence-electron chi connectivity index (χ0n) is 7.51. The van der Waals surface area contributed by atoms with Crippen LogP contribution in [0.4, 0.5) is 0 Å². The number of aromatic nitrogens is 2. The summed E-state index contributed by atoms with van der Waals surface area (Å²) in [6.45, 7) is -0.279. The summed E-state index contributed by atoms with van der Waals surface area (Å²) in [5.74, 6) is -1.03. The van der Waals surface area contributed by atoms with Gasteiger partial charge in [-0.05, 0) is 23.7 Å². The molecule has 2 N–H and O–H groups in total. The maximum Gasteiger partial charge on any atom is 0.323 e. The third-order valence-electron chi connectivity index (χ3n) is 2.00. The van der Waals surface area contributed by atoms with Crippen molar-refractivity contribution in [2.45, 2.75) is 6.54 Å². The monoisotopic (exact) mass is 226 g/mol. The molecule has 0 radical (unpaired) electrons. The quantitative estimate of drug-likeness (QED) is 0.813. The molecule has 0 aliphatic rings. The van der Waals surface area contributed by atoms with E-state index in [1.165, 1.54) is 10.6 Å².